The Morgan fingerprint density at radius 1 is 1.32 bits per heavy atom. The molecule has 0 amide bonds. The minimum absolute atomic E-state index is 0.0602. The molecular formula is C20H20N2O6. The summed E-state index contributed by atoms with van der Waals surface area (Å²) in [6.07, 6.45) is 0.838. The van der Waals surface area contributed by atoms with E-state index in [4.69, 9.17) is 24.4 Å². The summed E-state index contributed by atoms with van der Waals surface area (Å²) >= 11 is 0. The highest BCUT2D eigenvalue weighted by molar-refractivity contribution is 5.55. The predicted octanol–water partition coefficient (Wildman–Crippen LogP) is 2.15. The van der Waals surface area contributed by atoms with Crippen molar-refractivity contribution in [2.75, 3.05) is 13.7 Å². The van der Waals surface area contributed by atoms with Crippen molar-refractivity contribution < 1.29 is 23.7 Å². The van der Waals surface area contributed by atoms with Crippen molar-refractivity contribution in [3.8, 4) is 23.3 Å². The maximum Gasteiger partial charge on any atom is 0.228 e. The molecule has 2 heterocycles. The van der Waals surface area contributed by atoms with Crippen LogP contribution in [0.2, 0.25) is 0 Å². The SMILES string of the molecule is CCCOc1ccc([C@H]2C(C#N)=C(N)Oc3c2oc(CO)cc3=O)cc1OC. The lowest BCUT2D eigenvalue weighted by Gasteiger charge is -2.25. The fraction of sp³-hybridized carbons (Fsp3) is 0.300. The number of nitrogens with zero attached hydrogens (tertiary/aromatic N) is 1. The van der Waals surface area contributed by atoms with Crippen molar-refractivity contribution in [3.63, 3.8) is 0 Å². The van der Waals surface area contributed by atoms with Crippen molar-refractivity contribution in [1.29, 1.82) is 5.26 Å². The normalized spacial score (nSPS) is 15.4. The molecule has 2 aromatic rings. The molecule has 1 aromatic heterocycles. The molecule has 3 N–H and O–H groups in total. The van der Waals surface area contributed by atoms with Crippen LogP contribution in [0.1, 0.15) is 36.3 Å². The lowest BCUT2D eigenvalue weighted by Crippen LogP contribution is -2.25. The summed E-state index contributed by atoms with van der Waals surface area (Å²) < 4.78 is 22.1. The molecule has 0 bridgehead atoms. The summed E-state index contributed by atoms with van der Waals surface area (Å²) in [5.41, 5.74) is 6.08. The highest BCUT2D eigenvalue weighted by atomic mass is 16.5. The van der Waals surface area contributed by atoms with Crippen molar-refractivity contribution in [3.05, 3.63) is 63.0 Å². The van der Waals surface area contributed by atoms with Crippen molar-refractivity contribution in [2.45, 2.75) is 25.9 Å². The van der Waals surface area contributed by atoms with E-state index in [-0.39, 0.29) is 28.7 Å². The molecule has 3 rings (SSSR count). The number of nitriles is 1. The van der Waals surface area contributed by atoms with Gasteiger partial charge in [0, 0.05) is 6.07 Å². The Bertz CT molecular complexity index is 1020. The first-order valence-electron chi connectivity index (χ1n) is 8.70. The molecule has 1 aliphatic heterocycles. The number of fused-ring (bicyclic) bond motifs is 1. The lowest BCUT2D eigenvalue weighted by atomic mass is 9.87. The number of ether oxygens (including phenoxy) is 3. The molecule has 146 valence electrons. The summed E-state index contributed by atoms with van der Waals surface area (Å²) in [7, 11) is 1.51. The Balaban J connectivity index is 2.19. The number of allylic oxidation sites excluding steroid dienone is 1. The Kier molecular flexibility index (Phi) is 5.57. The minimum atomic E-state index is -0.790. The summed E-state index contributed by atoms with van der Waals surface area (Å²) in [6.45, 7) is 2.05. The van der Waals surface area contributed by atoms with Crippen LogP contribution in [0.3, 0.4) is 0 Å². The molecule has 0 saturated heterocycles. The standard InChI is InChI=1S/C20H20N2O6/c1-3-6-26-15-5-4-11(7-16(15)25-2)17-13(9-21)20(22)28-18-14(24)8-12(10-23)27-19(17)18/h4-5,7-8,17,23H,3,6,10,22H2,1-2H3/t17-/m0/s1. The Hall–Kier alpha value is -3.44. The first-order chi connectivity index (χ1) is 13.5. The monoisotopic (exact) mass is 384 g/mol. The van der Waals surface area contributed by atoms with Crippen molar-refractivity contribution >= 4 is 0 Å². The van der Waals surface area contributed by atoms with Gasteiger partial charge < -0.3 is 29.5 Å². The van der Waals surface area contributed by atoms with Crippen LogP contribution in [0.25, 0.3) is 0 Å². The number of hydrogen-bond donors (Lipinski definition) is 2. The van der Waals surface area contributed by atoms with Crippen LogP contribution in [0.4, 0.5) is 0 Å². The fourth-order valence-corrected chi connectivity index (χ4v) is 2.99. The van der Waals surface area contributed by atoms with Crippen LogP contribution in [-0.4, -0.2) is 18.8 Å². The molecule has 1 aromatic carbocycles. The number of hydrogen-bond acceptors (Lipinski definition) is 8. The van der Waals surface area contributed by atoms with Crippen molar-refractivity contribution in [1.82, 2.24) is 0 Å². The maximum absolute atomic E-state index is 12.4. The van der Waals surface area contributed by atoms with Crippen LogP contribution in [-0.2, 0) is 6.61 Å². The largest absolute Gasteiger partial charge is 0.493 e. The zero-order valence-corrected chi connectivity index (χ0v) is 15.5. The molecule has 1 aliphatic rings. The Labute approximate surface area is 161 Å². The van der Waals surface area contributed by atoms with Gasteiger partial charge >= 0.3 is 0 Å². The van der Waals surface area contributed by atoms with Gasteiger partial charge in [-0.05, 0) is 24.1 Å². The first kappa shape index (κ1) is 19.3. The van der Waals surface area contributed by atoms with Gasteiger partial charge in [-0.25, -0.2) is 0 Å². The number of rotatable bonds is 6. The third-order valence-electron chi connectivity index (χ3n) is 4.27. The van der Waals surface area contributed by atoms with E-state index in [1.54, 1.807) is 18.2 Å². The molecule has 8 heteroatoms. The van der Waals surface area contributed by atoms with Gasteiger partial charge in [0.15, 0.2) is 17.3 Å². The Morgan fingerprint density at radius 3 is 2.75 bits per heavy atom. The average Bonchev–Trinajstić information content (AvgIpc) is 2.71. The highest BCUT2D eigenvalue weighted by Gasteiger charge is 2.35. The molecule has 0 aliphatic carbocycles. The van der Waals surface area contributed by atoms with Crippen LogP contribution in [0, 0.1) is 11.3 Å². The van der Waals surface area contributed by atoms with Gasteiger partial charge in [-0.2, -0.15) is 5.26 Å². The number of aliphatic hydroxyl groups is 1. The minimum Gasteiger partial charge on any atom is -0.493 e. The number of methoxy groups -OCH3 is 1. The number of aliphatic hydroxyl groups excluding tert-OH is 1. The summed E-state index contributed by atoms with van der Waals surface area (Å²) in [6, 6.07) is 8.30. The molecule has 0 saturated carbocycles. The van der Waals surface area contributed by atoms with Gasteiger partial charge in [0.25, 0.3) is 0 Å². The van der Waals surface area contributed by atoms with Gasteiger partial charge in [-0.1, -0.05) is 13.0 Å². The third kappa shape index (κ3) is 3.40. The molecule has 28 heavy (non-hydrogen) atoms. The van der Waals surface area contributed by atoms with Gasteiger partial charge in [-0.3, -0.25) is 4.79 Å². The van der Waals surface area contributed by atoms with E-state index in [1.165, 1.54) is 7.11 Å². The topological polar surface area (TPSA) is 128 Å². The van der Waals surface area contributed by atoms with E-state index in [9.17, 15) is 15.2 Å². The second-order valence-electron chi connectivity index (χ2n) is 6.11. The van der Waals surface area contributed by atoms with Crippen LogP contribution >= 0.6 is 0 Å². The van der Waals surface area contributed by atoms with Crippen LogP contribution in [0.15, 0.2) is 44.9 Å². The van der Waals surface area contributed by atoms with E-state index in [0.717, 1.165) is 12.5 Å². The smallest absolute Gasteiger partial charge is 0.228 e. The molecule has 8 nitrogen and oxygen atoms in total. The summed E-state index contributed by atoms with van der Waals surface area (Å²) in [5.74, 6) is 0.119. The Morgan fingerprint density at radius 2 is 2.11 bits per heavy atom. The van der Waals surface area contributed by atoms with Gasteiger partial charge in [-0.15, -0.1) is 0 Å². The molecule has 0 unspecified atom stereocenters. The average molecular weight is 384 g/mol. The first-order valence-corrected chi connectivity index (χ1v) is 8.70. The molecule has 0 fully saturated rings. The third-order valence-corrected chi connectivity index (χ3v) is 4.27. The molecule has 1 atom stereocenters. The second-order valence-corrected chi connectivity index (χ2v) is 6.11. The zero-order chi connectivity index (χ0) is 20.3. The van der Waals surface area contributed by atoms with E-state index in [1.807, 2.05) is 13.0 Å². The quantitative estimate of drug-likeness (QED) is 0.775. The molecule has 0 radical (unpaired) electrons. The van der Waals surface area contributed by atoms with Crippen LogP contribution in [0.5, 0.6) is 17.2 Å². The number of benzene rings is 1. The van der Waals surface area contributed by atoms with Crippen LogP contribution < -0.4 is 25.4 Å². The maximum atomic E-state index is 12.4. The van der Waals surface area contributed by atoms with E-state index in [0.29, 0.717) is 23.7 Å². The molecule has 0 spiro atoms. The highest BCUT2D eigenvalue weighted by Crippen LogP contribution is 2.43. The van der Waals surface area contributed by atoms with E-state index >= 15 is 0 Å². The second kappa shape index (κ2) is 8.06. The fourth-order valence-electron chi connectivity index (χ4n) is 2.99. The van der Waals surface area contributed by atoms with E-state index < -0.39 is 18.0 Å². The van der Waals surface area contributed by atoms with Gasteiger partial charge in [0.05, 0.1) is 19.6 Å². The summed E-state index contributed by atoms with van der Waals surface area (Å²) in [4.78, 5) is 12.4. The molecular weight excluding hydrogens is 364 g/mol. The predicted molar refractivity (Wildman–Crippen MR) is 99.0 cm³/mol. The van der Waals surface area contributed by atoms with E-state index in [2.05, 4.69) is 0 Å². The lowest BCUT2D eigenvalue weighted by molar-refractivity contribution is 0.231. The van der Waals surface area contributed by atoms with Gasteiger partial charge in [0.1, 0.15) is 24.0 Å². The zero-order valence-electron chi connectivity index (χ0n) is 15.5. The van der Waals surface area contributed by atoms with Gasteiger partial charge in [0.2, 0.25) is 17.1 Å². The summed E-state index contributed by atoms with van der Waals surface area (Å²) in [5, 5.41) is 19.0. The van der Waals surface area contributed by atoms with Crippen molar-refractivity contribution in [2.24, 2.45) is 5.73 Å². The number of nitrogens with two attached hydrogens (primary N) is 1.